The van der Waals surface area contributed by atoms with Gasteiger partial charge in [0.05, 0.1) is 13.5 Å². The molecule has 0 aliphatic rings. The Hall–Kier alpha value is -1.55. The van der Waals surface area contributed by atoms with E-state index in [1.807, 2.05) is 24.3 Å². The molecule has 1 aromatic rings. The highest BCUT2D eigenvalue weighted by Gasteiger charge is 2.13. The summed E-state index contributed by atoms with van der Waals surface area (Å²) in [5.74, 6) is 0.872. The first-order valence-corrected chi connectivity index (χ1v) is 7.59. The third-order valence-corrected chi connectivity index (χ3v) is 3.54. The zero-order valence-electron chi connectivity index (χ0n) is 13.8. The second kappa shape index (κ2) is 8.67. The van der Waals surface area contributed by atoms with E-state index in [4.69, 9.17) is 4.74 Å². The van der Waals surface area contributed by atoms with Crippen LogP contribution in [0, 0.1) is 0 Å². The molecular formula is C17H28N2O2. The quantitative estimate of drug-likeness (QED) is 0.800. The van der Waals surface area contributed by atoms with Crippen LogP contribution in [0.5, 0.6) is 5.75 Å². The molecule has 118 valence electrons. The van der Waals surface area contributed by atoms with Gasteiger partial charge in [-0.2, -0.15) is 0 Å². The Morgan fingerprint density at radius 2 is 1.71 bits per heavy atom. The van der Waals surface area contributed by atoms with Crippen LogP contribution in [0.4, 0.5) is 0 Å². The summed E-state index contributed by atoms with van der Waals surface area (Å²) in [7, 11) is 1.64. The summed E-state index contributed by atoms with van der Waals surface area (Å²) in [4.78, 5) is 14.3. The minimum absolute atomic E-state index is 0.0626. The van der Waals surface area contributed by atoms with E-state index in [-0.39, 0.29) is 5.91 Å². The molecule has 1 aromatic carbocycles. The molecule has 0 saturated carbocycles. The van der Waals surface area contributed by atoms with Crippen molar-refractivity contribution in [1.29, 1.82) is 0 Å². The number of methoxy groups -OCH3 is 1. The van der Waals surface area contributed by atoms with Crippen molar-refractivity contribution in [2.75, 3.05) is 20.2 Å². The van der Waals surface area contributed by atoms with Gasteiger partial charge in [0.1, 0.15) is 5.75 Å². The van der Waals surface area contributed by atoms with E-state index in [9.17, 15) is 4.79 Å². The molecule has 0 heterocycles. The van der Waals surface area contributed by atoms with Crippen LogP contribution in [0.1, 0.15) is 33.3 Å². The maximum Gasteiger partial charge on any atom is 0.224 e. The number of hydrogen-bond acceptors (Lipinski definition) is 3. The van der Waals surface area contributed by atoms with Crippen LogP contribution < -0.4 is 10.1 Å². The number of rotatable bonds is 8. The molecule has 0 aromatic heterocycles. The first-order valence-electron chi connectivity index (χ1n) is 7.59. The molecule has 1 N–H and O–H groups in total. The maximum atomic E-state index is 11.9. The maximum absolute atomic E-state index is 11.9. The highest BCUT2D eigenvalue weighted by atomic mass is 16.5. The Morgan fingerprint density at radius 1 is 1.14 bits per heavy atom. The van der Waals surface area contributed by atoms with Gasteiger partial charge in [-0.1, -0.05) is 12.1 Å². The van der Waals surface area contributed by atoms with Crippen LogP contribution in [0.25, 0.3) is 0 Å². The van der Waals surface area contributed by atoms with Crippen LogP contribution in [0.2, 0.25) is 0 Å². The molecule has 0 atom stereocenters. The minimum Gasteiger partial charge on any atom is -0.497 e. The molecule has 0 fully saturated rings. The Morgan fingerprint density at radius 3 is 2.19 bits per heavy atom. The zero-order chi connectivity index (χ0) is 15.8. The van der Waals surface area contributed by atoms with E-state index in [0.717, 1.165) is 17.9 Å². The number of amides is 1. The lowest BCUT2D eigenvalue weighted by Crippen LogP contribution is -2.42. The van der Waals surface area contributed by atoms with Gasteiger partial charge in [-0.15, -0.1) is 0 Å². The number of ether oxygens (including phenoxy) is 1. The Bertz CT molecular complexity index is 419. The summed E-state index contributed by atoms with van der Waals surface area (Å²) in [5, 5.41) is 2.99. The van der Waals surface area contributed by atoms with Gasteiger partial charge in [0.15, 0.2) is 0 Å². The van der Waals surface area contributed by atoms with E-state index >= 15 is 0 Å². The predicted octanol–water partition coefficient (Wildman–Crippen LogP) is 2.47. The average molecular weight is 292 g/mol. The van der Waals surface area contributed by atoms with E-state index in [1.165, 1.54) is 0 Å². The minimum atomic E-state index is 0.0626. The summed E-state index contributed by atoms with van der Waals surface area (Å²) in [6, 6.07) is 8.58. The summed E-state index contributed by atoms with van der Waals surface area (Å²) in [6.07, 6.45) is 0.410. The van der Waals surface area contributed by atoms with Crippen molar-refractivity contribution in [3.63, 3.8) is 0 Å². The Kier molecular flexibility index (Phi) is 7.23. The molecule has 21 heavy (non-hydrogen) atoms. The van der Waals surface area contributed by atoms with Crippen LogP contribution in [-0.2, 0) is 11.2 Å². The van der Waals surface area contributed by atoms with E-state index in [0.29, 0.717) is 25.0 Å². The molecule has 4 nitrogen and oxygen atoms in total. The topological polar surface area (TPSA) is 41.6 Å². The van der Waals surface area contributed by atoms with Crippen LogP contribution in [-0.4, -0.2) is 43.1 Å². The monoisotopic (exact) mass is 292 g/mol. The van der Waals surface area contributed by atoms with Crippen molar-refractivity contribution in [3.05, 3.63) is 29.8 Å². The first-order chi connectivity index (χ1) is 9.93. The van der Waals surface area contributed by atoms with Gasteiger partial charge in [-0.3, -0.25) is 9.69 Å². The van der Waals surface area contributed by atoms with Crippen LogP contribution in [0.15, 0.2) is 24.3 Å². The fourth-order valence-corrected chi connectivity index (χ4v) is 2.43. The molecule has 0 aliphatic heterocycles. The molecule has 0 aliphatic carbocycles. The van der Waals surface area contributed by atoms with E-state index < -0.39 is 0 Å². The largest absolute Gasteiger partial charge is 0.497 e. The van der Waals surface area contributed by atoms with Crippen molar-refractivity contribution in [1.82, 2.24) is 10.2 Å². The fraction of sp³-hybridized carbons (Fsp3) is 0.588. The molecule has 4 heteroatoms. The van der Waals surface area contributed by atoms with Crippen molar-refractivity contribution in [2.45, 2.75) is 46.2 Å². The predicted molar refractivity (Wildman–Crippen MR) is 86.7 cm³/mol. The lowest BCUT2D eigenvalue weighted by molar-refractivity contribution is -0.120. The normalized spacial score (nSPS) is 11.2. The average Bonchev–Trinajstić information content (AvgIpc) is 2.43. The van der Waals surface area contributed by atoms with E-state index in [1.54, 1.807) is 7.11 Å². The van der Waals surface area contributed by atoms with Gasteiger partial charge >= 0.3 is 0 Å². The van der Waals surface area contributed by atoms with Gasteiger partial charge in [0, 0.05) is 25.2 Å². The van der Waals surface area contributed by atoms with Gasteiger partial charge in [-0.05, 0) is 45.4 Å². The highest BCUT2D eigenvalue weighted by Crippen LogP contribution is 2.11. The standard InChI is InChI=1S/C17H28N2O2/c1-13(2)19(14(3)4)11-10-18-17(20)12-15-6-8-16(21-5)9-7-15/h6-9,13-14H,10-12H2,1-5H3,(H,18,20). The lowest BCUT2D eigenvalue weighted by Gasteiger charge is -2.30. The number of carbonyl (C=O) groups excluding carboxylic acids is 1. The van der Waals surface area contributed by atoms with Crippen molar-refractivity contribution in [2.24, 2.45) is 0 Å². The number of nitrogens with one attached hydrogen (secondary N) is 1. The van der Waals surface area contributed by atoms with Crippen LogP contribution in [0.3, 0.4) is 0 Å². The third kappa shape index (κ3) is 6.17. The number of carbonyl (C=O) groups is 1. The molecular weight excluding hydrogens is 264 g/mol. The summed E-state index contributed by atoms with van der Waals surface area (Å²) >= 11 is 0. The molecule has 1 rings (SSSR count). The Balaban J connectivity index is 2.36. The lowest BCUT2D eigenvalue weighted by atomic mass is 10.1. The molecule has 0 unspecified atom stereocenters. The van der Waals surface area contributed by atoms with Gasteiger partial charge in [-0.25, -0.2) is 0 Å². The summed E-state index contributed by atoms with van der Waals surface area (Å²) in [6.45, 7) is 10.3. The second-order valence-electron chi connectivity index (χ2n) is 5.80. The summed E-state index contributed by atoms with van der Waals surface area (Å²) in [5.41, 5.74) is 0.998. The first kappa shape index (κ1) is 17.5. The number of benzene rings is 1. The van der Waals surface area contributed by atoms with Gasteiger partial charge in [0.25, 0.3) is 0 Å². The van der Waals surface area contributed by atoms with Gasteiger partial charge < -0.3 is 10.1 Å². The molecule has 0 spiro atoms. The zero-order valence-corrected chi connectivity index (χ0v) is 13.8. The van der Waals surface area contributed by atoms with Crippen molar-refractivity contribution >= 4 is 5.91 Å². The summed E-state index contributed by atoms with van der Waals surface area (Å²) < 4.78 is 5.10. The molecule has 0 saturated heterocycles. The molecule has 0 radical (unpaired) electrons. The number of hydrogen-bond donors (Lipinski definition) is 1. The number of nitrogens with zero attached hydrogens (tertiary/aromatic N) is 1. The highest BCUT2D eigenvalue weighted by molar-refractivity contribution is 5.78. The Labute approximate surface area is 128 Å². The third-order valence-electron chi connectivity index (χ3n) is 3.54. The van der Waals surface area contributed by atoms with Crippen LogP contribution >= 0.6 is 0 Å². The second-order valence-corrected chi connectivity index (χ2v) is 5.80. The molecule has 0 bridgehead atoms. The molecule has 1 amide bonds. The van der Waals surface area contributed by atoms with Gasteiger partial charge in [0.2, 0.25) is 5.91 Å². The van der Waals surface area contributed by atoms with E-state index in [2.05, 4.69) is 37.9 Å². The fourth-order valence-electron chi connectivity index (χ4n) is 2.43. The SMILES string of the molecule is COc1ccc(CC(=O)NCCN(C(C)C)C(C)C)cc1. The van der Waals surface area contributed by atoms with Crippen molar-refractivity contribution in [3.8, 4) is 5.75 Å². The van der Waals surface area contributed by atoms with Crippen molar-refractivity contribution < 1.29 is 9.53 Å². The smallest absolute Gasteiger partial charge is 0.224 e.